The summed E-state index contributed by atoms with van der Waals surface area (Å²) in [5.74, 6) is -0.326. The lowest BCUT2D eigenvalue weighted by Gasteiger charge is -2.08. The molecule has 1 atom stereocenters. The predicted molar refractivity (Wildman–Crippen MR) is 57.5 cm³/mol. The largest absolute Gasteiger partial charge is 0.368 e. The molecule has 0 fully saturated rings. The van der Waals surface area contributed by atoms with Crippen LogP contribution in [-0.4, -0.2) is 11.9 Å². The van der Waals surface area contributed by atoms with Gasteiger partial charge >= 0.3 is 0 Å². The van der Waals surface area contributed by atoms with E-state index in [-0.39, 0.29) is 11.9 Å². The summed E-state index contributed by atoms with van der Waals surface area (Å²) in [6.07, 6.45) is 0. The molecule has 0 aromatic carbocycles. The summed E-state index contributed by atoms with van der Waals surface area (Å²) in [5.41, 5.74) is 5.10. The fraction of sp³-hybridized carbons (Fsp3) is 0.375. The first-order valence-corrected chi connectivity index (χ1v) is 5.53. The third kappa shape index (κ3) is 3.10. The van der Waals surface area contributed by atoms with Gasteiger partial charge in [-0.2, -0.15) is 0 Å². The number of primary amides is 1. The third-order valence-electron chi connectivity index (χ3n) is 1.69. The van der Waals surface area contributed by atoms with Crippen LogP contribution in [0, 0.1) is 0 Å². The van der Waals surface area contributed by atoms with Crippen LogP contribution in [0.5, 0.6) is 0 Å². The SMILES string of the molecule is CC(NCc1sccc1Br)C(N)=O. The minimum atomic E-state index is -0.326. The molecule has 1 heterocycles. The molecule has 1 unspecified atom stereocenters. The van der Waals surface area contributed by atoms with Crippen LogP contribution in [0.4, 0.5) is 0 Å². The Morgan fingerprint density at radius 3 is 3.00 bits per heavy atom. The molecule has 3 nitrogen and oxygen atoms in total. The fourth-order valence-corrected chi connectivity index (χ4v) is 2.24. The van der Waals surface area contributed by atoms with E-state index in [0.717, 1.165) is 4.47 Å². The fourth-order valence-electron chi connectivity index (χ4n) is 0.798. The molecule has 1 rings (SSSR count). The van der Waals surface area contributed by atoms with Crippen molar-refractivity contribution in [3.8, 4) is 0 Å². The average molecular weight is 263 g/mol. The second kappa shape index (κ2) is 4.74. The van der Waals surface area contributed by atoms with E-state index in [2.05, 4.69) is 21.2 Å². The molecule has 5 heteroatoms. The van der Waals surface area contributed by atoms with Crippen molar-refractivity contribution >= 4 is 33.2 Å². The number of carbonyl (C=O) groups excluding carboxylic acids is 1. The molecule has 3 N–H and O–H groups in total. The molecule has 1 aromatic heterocycles. The summed E-state index contributed by atoms with van der Waals surface area (Å²) >= 11 is 5.05. The van der Waals surface area contributed by atoms with Crippen molar-refractivity contribution in [1.82, 2.24) is 5.32 Å². The van der Waals surface area contributed by atoms with Crippen LogP contribution < -0.4 is 11.1 Å². The average Bonchev–Trinajstić information content (AvgIpc) is 2.47. The van der Waals surface area contributed by atoms with Gasteiger partial charge in [-0.25, -0.2) is 0 Å². The third-order valence-corrected chi connectivity index (χ3v) is 3.61. The van der Waals surface area contributed by atoms with E-state index >= 15 is 0 Å². The highest BCUT2D eigenvalue weighted by atomic mass is 79.9. The van der Waals surface area contributed by atoms with Crippen LogP contribution in [0.15, 0.2) is 15.9 Å². The zero-order valence-corrected chi connectivity index (χ0v) is 9.61. The first kappa shape index (κ1) is 10.7. The van der Waals surface area contributed by atoms with Gasteiger partial charge in [-0.15, -0.1) is 11.3 Å². The summed E-state index contributed by atoms with van der Waals surface area (Å²) in [5, 5.41) is 5.03. The Morgan fingerprint density at radius 2 is 2.54 bits per heavy atom. The van der Waals surface area contributed by atoms with Crippen molar-refractivity contribution < 1.29 is 4.79 Å². The molecule has 0 radical (unpaired) electrons. The van der Waals surface area contributed by atoms with Gasteiger partial charge in [-0.3, -0.25) is 4.79 Å². The van der Waals surface area contributed by atoms with Crippen LogP contribution in [0.2, 0.25) is 0 Å². The van der Waals surface area contributed by atoms with Crippen molar-refractivity contribution in [3.05, 3.63) is 20.8 Å². The van der Waals surface area contributed by atoms with Gasteiger partial charge in [-0.1, -0.05) is 0 Å². The first-order chi connectivity index (χ1) is 6.11. The maximum absolute atomic E-state index is 10.7. The maximum atomic E-state index is 10.7. The smallest absolute Gasteiger partial charge is 0.234 e. The highest BCUT2D eigenvalue weighted by Gasteiger charge is 2.08. The molecule has 1 amide bonds. The molecule has 0 saturated heterocycles. The van der Waals surface area contributed by atoms with E-state index in [1.165, 1.54) is 4.88 Å². The Hall–Kier alpha value is -0.390. The molecule has 0 aliphatic heterocycles. The van der Waals surface area contributed by atoms with E-state index in [4.69, 9.17) is 5.73 Å². The normalized spacial score (nSPS) is 12.8. The van der Waals surface area contributed by atoms with Gasteiger partial charge in [0.1, 0.15) is 0 Å². The van der Waals surface area contributed by atoms with Gasteiger partial charge in [0.05, 0.1) is 6.04 Å². The topological polar surface area (TPSA) is 55.1 Å². The number of hydrogen-bond donors (Lipinski definition) is 2. The molecule has 0 spiro atoms. The van der Waals surface area contributed by atoms with Gasteiger partial charge in [0.25, 0.3) is 0 Å². The molecule has 0 aliphatic carbocycles. The number of nitrogens with two attached hydrogens (primary N) is 1. The number of nitrogens with one attached hydrogen (secondary N) is 1. The number of carbonyl (C=O) groups is 1. The minimum Gasteiger partial charge on any atom is -0.368 e. The molecule has 0 saturated carbocycles. The van der Waals surface area contributed by atoms with Gasteiger partial charge in [-0.05, 0) is 34.3 Å². The van der Waals surface area contributed by atoms with Gasteiger partial charge in [0.2, 0.25) is 5.91 Å². The Morgan fingerprint density at radius 1 is 1.85 bits per heavy atom. The van der Waals surface area contributed by atoms with Crippen LogP contribution in [0.25, 0.3) is 0 Å². The van der Waals surface area contributed by atoms with Crippen LogP contribution in [0.1, 0.15) is 11.8 Å². The number of hydrogen-bond acceptors (Lipinski definition) is 3. The molecular weight excluding hydrogens is 252 g/mol. The summed E-state index contributed by atoms with van der Waals surface area (Å²) in [7, 11) is 0. The molecular formula is C8H11BrN2OS. The predicted octanol–water partition coefficient (Wildman–Crippen LogP) is 1.47. The molecule has 13 heavy (non-hydrogen) atoms. The van der Waals surface area contributed by atoms with E-state index in [9.17, 15) is 4.79 Å². The summed E-state index contributed by atoms with van der Waals surface area (Å²) in [4.78, 5) is 11.9. The molecule has 0 aliphatic rings. The van der Waals surface area contributed by atoms with Gasteiger partial charge < -0.3 is 11.1 Å². The highest BCUT2D eigenvalue weighted by Crippen LogP contribution is 2.22. The van der Waals surface area contributed by atoms with Crippen molar-refractivity contribution in [3.63, 3.8) is 0 Å². The number of thiophene rings is 1. The molecule has 0 bridgehead atoms. The van der Waals surface area contributed by atoms with Crippen molar-refractivity contribution in [2.45, 2.75) is 19.5 Å². The lowest BCUT2D eigenvalue weighted by atomic mass is 10.3. The summed E-state index contributed by atoms with van der Waals surface area (Å²) < 4.78 is 1.07. The van der Waals surface area contributed by atoms with Crippen molar-refractivity contribution in [2.75, 3.05) is 0 Å². The second-order valence-electron chi connectivity index (χ2n) is 2.70. The van der Waals surface area contributed by atoms with Crippen LogP contribution >= 0.6 is 27.3 Å². The summed E-state index contributed by atoms with van der Waals surface area (Å²) in [6, 6.07) is 1.70. The molecule has 72 valence electrons. The lowest BCUT2D eigenvalue weighted by molar-refractivity contribution is -0.119. The maximum Gasteiger partial charge on any atom is 0.234 e. The Balaban J connectivity index is 2.44. The van der Waals surface area contributed by atoms with Crippen molar-refractivity contribution in [2.24, 2.45) is 5.73 Å². The summed E-state index contributed by atoms with van der Waals surface area (Å²) in [6.45, 7) is 2.42. The quantitative estimate of drug-likeness (QED) is 0.864. The zero-order valence-electron chi connectivity index (χ0n) is 7.21. The minimum absolute atomic E-state index is 0.283. The van der Waals surface area contributed by atoms with E-state index in [0.29, 0.717) is 6.54 Å². The van der Waals surface area contributed by atoms with E-state index in [1.807, 2.05) is 11.4 Å². The standard InChI is InChI=1S/C8H11BrN2OS/c1-5(8(10)12)11-4-7-6(9)2-3-13-7/h2-3,5,11H,4H2,1H3,(H2,10,12). The monoisotopic (exact) mass is 262 g/mol. The lowest BCUT2D eigenvalue weighted by Crippen LogP contribution is -2.38. The molecule has 1 aromatic rings. The van der Waals surface area contributed by atoms with E-state index < -0.39 is 0 Å². The Kier molecular flexibility index (Phi) is 3.90. The Bertz CT molecular complexity index is 300. The van der Waals surface area contributed by atoms with E-state index in [1.54, 1.807) is 18.3 Å². The van der Waals surface area contributed by atoms with Gasteiger partial charge in [0.15, 0.2) is 0 Å². The zero-order chi connectivity index (χ0) is 9.84. The number of amides is 1. The first-order valence-electron chi connectivity index (χ1n) is 3.86. The van der Waals surface area contributed by atoms with Gasteiger partial charge in [0, 0.05) is 15.9 Å². The van der Waals surface area contributed by atoms with Crippen molar-refractivity contribution in [1.29, 1.82) is 0 Å². The number of rotatable bonds is 4. The Labute approximate surface area is 89.5 Å². The highest BCUT2D eigenvalue weighted by molar-refractivity contribution is 9.10. The number of halogens is 1. The van der Waals surface area contributed by atoms with Crippen LogP contribution in [-0.2, 0) is 11.3 Å². The van der Waals surface area contributed by atoms with Crippen LogP contribution in [0.3, 0.4) is 0 Å². The second-order valence-corrected chi connectivity index (χ2v) is 4.55.